The molecule has 0 saturated heterocycles. The highest BCUT2D eigenvalue weighted by atomic mass is 32.1. The monoisotopic (exact) mass is 426 g/mol. The predicted molar refractivity (Wildman–Crippen MR) is 110 cm³/mol. The maximum absolute atomic E-state index is 14.6. The van der Waals surface area contributed by atoms with E-state index in [1.807, 2.05) is 37.3 Å². The fourth-order valence-electron chi connectivity index (χ4n) is 3.15. The summed E-state index contributed by atoms with van der Waals surface area (Å²) in [5.74, 6) is -1.88. The molecule has 0 aliphatic carbocycles. The molecule has 0 aliphatic rings. The van der Waals surface area contributed by atoms with Crippen LogP contribution in [0.4, 0.5) is 4.39 Å². The highest BCUT2D eigenvalue weighted by Crippen LogP contribution is 2.26. The number of nitrogens with zero attached hydrogens (tertiary/aromatic N) is 1. The number of aromatic amines is 1. The van der Waals surface area contributed by atoms with Crippen LogP contribution in [0, 0.1) is 5.82 Å². The highest BCUT2D eigenvalue weighted by Gasteiger charge is 2.21. The Kier molecular flexibility index (Phi) is 4.96. The first kappa shape index (κ1) is 19.6. The fourth-order valence-corrected chi connectivity index (χ4v) is 3.98. The van der Waals surface area contributed by atoms with Gasteiger partial charge in [-0.05, 0) is 24.6 Å². The van der Waals surface area contributed by atoms with Crippen molar-refractivity contribution in [1.29, 1.82) is 0 Å². The largest absolute Gasteiger partial charge is 0.486 e. The topological polar surface area (TPSA) is 101 Å². The zero-order valence-corrected chi connectivity index (χ0v) is 16.4. The third kappa shape index (κ3) is 3.39. The van der Waals surface area contributed by atoms with E-state index in [-0.39, 0.29) is 33.3 Å². The minimum atomic E-state index is -1.31. The molecule has 2 heterocycles. The number of rotatable bonds is 5. The summed E-state index contributed by atoms with van der Waals surface area (Å²) in [5, 5.41) is 10.5. The van der Waals surface area contributed by atoms with E-state index < -0.39 is 23.0 Å². The average Bonchev–Trinajstić information content (AvgIpc) is 3.15. The lowest BCUT2D eigenvalue weighted by atomic mass is 10.1. The molecule has 2 N–H and O–H groups in total. The van der Waals surface area contributed by atoms with E-state index in [9.17, 15) is 23.9 Å². The number of thiophene rings is 1. The van der Waals surface area contributed by atoms with E-state index in [1.165, 1.54) is 17.5 Å². The minimum Gasteiger partial charge on any atom is -0.486 e. The van der Waals surface area contributed by atoms with Crippen molar-refractivity contribution in [3.05, 3.63) is 91.0 Å². The number of carboxylic acids is 1. The first-order chi connectivity index (χ1) is 14.4. The number of aromatic nitrogens is 2. The summed E-state index contributed by atoms with van der Waals surface area (Å²) in [5.41, 5.74) is -1.14. The molecule has 2 aromatic heterocycles. The van der Waals surface area contributed by atoms with Gasteiger partial charge in [-0.1, -0.05) is 30.3 Å². The van der Waals surface area contributed by atoms with Crippen molar-refractivity contribution in [2.45, 2.75) is 13.0 Å². The molecule has 4 rings (SSSR count). The van der Waals surface area contributed by atoms with E-state index in [1.54, 1.807) is 0 Å². The number of nitrogens with one attached hydrogen (secondary N) is 1. The van der Waals surface area contributed by atoms with Gasteiger partial charge in [0.15, 0.2) is 0 Å². The molecule has 152 valence electrons. The second-order valence-corrected chi connectivity index (χ2v) is 7.39. The van der Waals surface area contributed by atoms with Crippen LogP contribution < -0.4 is 16.0 Å². The van der Waals surface area contributed by atoms with Gasteiger partial charge in [0, 0.05) is 11.4 Å². The SMILES string of the molecule is CC(Oc1ccc(F)c(-n2c(=O)[nH]c3csc(C(=O)O)c3c2=O)c1)c1ccccc1. The number of fused-ring (bicyclic) bond motifs is 1. The Morgan fingerprint density at radius 3 is 2.63 bits per heavy atom. The quantitative estimate of drug-likeness (QED) is 0.507. The minimum absolute atomic E-state index is 0.0918. The second kappa shape index (κ2) is 7.60. The Morgan fingerprint density at radius 1 is 1.20 bits per heavy atom. The number of hydrogen-bond donors (Lipinski definition) is 2. The van der Waals surface area contributed by atoms with Gasteiger partial charge in [0.25, 0.3) is 5.56 Å². The van der Waals surface area contributed by atoms with Crippen LogP contribution in [-0.4, -0.2) is 20.6 Å². The number of ether oxygens (including phenoxy) is 1. The summed E-state index contributed by atoms with van der Waals surface area (Å²) in [7, 11) is 0. The number of halogens is 1. The lowest BCUT2D eigenvalue weighted by Gasteiger charge is -2.16. The number of benzene rings is 2. The summed E-state index contributed by atoms with van der Waals surface area (Å²) in [4.78, 5) is 39.0. The first-order valence-corrected chi connectivity index (χ1v) is 9.76. The van der Waals surface area contributed by atoms with Crippen molar-refractivity contribution in [3.63, 3.8) is 0 Å². The van der Waals surface area contributed by atoms with Crippen molar-refractivity contribution < 1.29 is 19.0 Å². The predicted octanol–water partition coefficient (Wildman–Crippen LogP) is 3.72. The summed E-state index contributed by atoms with van der Waals surface area (Å²) in [6.45, 7) is 1.81. The molecule has 0 bridgehead atoms. The summed E-state index contributed by atoms with van der Waals surface area (Å²) < 4.78 is 21.0. The first-order valence-electron chi connectivity index (χ1n) is 8.88. The van der Waals surface area contributed by atoms with E-state index in [2.05, 4.69) is 4.98 Å². The number of hydrogen-bond acceptors (Lipinski definition) is 5. The standard InChI is InChI=1S/C21H15FN2O5S/c1-11(12-5-3-2-4-6-12)29-13-7-8-14(22)16(9-13)24-19(25)17-15(23-21(24)28)10-30-18(17)20(26)27/h2-11H,1H3,(H,23,28)(H,26,27). The van der Waals surface area contributed by atoms with Crippen LogP contribution in [0.5, 0.6) is 5.75 Å². The Balaban J connectivity index is 1.83. The van der Waals surface area contributed by atoms with Crippen LogP contribution in [0.15, 0.2) is 63.5 Å². The normalized spacial score (nSPS) is 12.1. The van der Waals surface area contributed by atoms with E-state index in [4.69, 9.17) is 4.74 Å². The van der Waals surface area contributed by atoms with Gasteiger partial charge in [0.1, 0.15) is 22.5 Å². The molecule has 0 amide bonds. The van der Waals surface area contributed by atoms with Crippen molar-refractivity contribution in [2.24, 2.45) is 0 Å². The molecule has 1 unspecified atom stereocenters. The third-order valence-corrected chi connectivity index (χ3v) is 5.56. The van der Waals surface area contributed by atoms with Crippen LogP contribution in [0.3, 0.4) is 0 Å². The zero-order chi connectivity index (χ0) is 21.4. The molecule has 0 saturated carbocycles. The van der Waals surface area contributed by atoms with Gasteiger partial charge in [-0.25, -0.2) is 18.5 Å². The smallest absolute Gasteiger partial charge is 0.346 e. The zero-order valence-electron chi connectivity index (χ0n) is 15.6. The Labute approximate surface area is 172 Å². The molecule has 9 heteroatoms. The van der Waals surface area contributed by atoms with Crippen molar-refractivity contribution in [2.75, 3.05) is 0 Å². The van der Waals surface area contributed by atoms with Gasteiger partial charge in [0.05, 0.1) is 16.6 Å². The van der Waals surface area contributed by atoms with Crippen LogP contribution in [0.1, 0.15) is 28.3 Å². The molecule has 4 aromatic rings. The number of carboxylic acid groups (broad SMARTS) is 1. The Bertz CT molecular complexity index is 1370. The number of aromatic carboxylic acids is 1. The molecule has 1 atom stereocenters. The van der Waals surface area contributed by atoms with E-state index >= 15 is 0 Å². The van der Waals surface area contributed by atoms with E-state index in [0.29, 0.717) is 4.57 Å². The van der Waals surface area contributed by atoms with Gasteiger partial charge in [0.2, 0.25) is 0 Å². The number of carbonyl (C=O) groups is 1. The molecule has 30 heavy (non-hydrogen) atoms. The third-order valence-electron chi connectivity index (χ3n) is 4.59. The van der Waals surface area contributed by atoms with Crippen molar-refractivity contribution in [3.8, 4) is 11.4 Å². The lowest BCUT2D eigenvalue weighted by Crippen LogP contribution is -2.34. The summed E-state index contributed by atoms with van der Waals surface area (Å²) in [6, 6.07) is 13.1. The lowest BCUT2D eigenvalue weighted by molar-refractivity contribution is 0.0704. The molecule has 0 radical (unpaired) electrons. The number of H-pyrrole nitrogens is 1. The van der Waals surface area contributed by atoms with Gasteiger partial charge in [-0.2, -0.15) is 0 Å². The second-order valence-electron chi connectivity index (χ2n) is 6.51. The van der Waals surface area contributed by atoms with Gasteiger partial charge < -0.3 is 14.8 Å². The maximum atomic E-state index is 14.6. The maximum Gasteiger partial charge on any atom is 0.346 e. The van der Waals surface area contributed by atoms with Gasteiger partial charge in [-0.3, -0.25) is 4.79 Å². The molecule has 0 aliphatic heterocycles. The van der Waals surface area contributed by atoms with Crippen LogP contribution in [-0.2, 0) is 0 Å². The molecule has 7 nitrogen and oxygen atoms in total. The molecule has 0 fully saturated rings. The Morgan fingerprint density at radius 2 is 1.93 bits per heavy atom. The summed E-state index contributed by atoms with van der Waals surface area (Å²) in [6.07, 6.45) is -0.363. The molecule has 0 spiro atoms. The van der Waals surface area contributed by atoms with Crippen molar-refractivity contribution in [1.82, 2.24) is 9.55 Å². The van der Waals surface area contributed by atoms with Crippen molar-refractivity contribution >= 4 is 28.2 Å². The van der Waals surface area contributed by atoms with Crippen LogP contribution in [0.25, 0.3) is 16.6 Å². The Hall–Kier alpha value is -3.72. The molecular weight excluding hydrogens is 411 g/mol. The fraction of sp³-hybridized carbons (Fsp3) is 0.0952. The average molecular weight is 426 g/mol. The van der Waals surface area contributed by atoms with Gasteiger partial charge in [-0.15, -0.1) is 11.3 Å². The van der Waals surface area contributed by atoms with E-state index in [0.717, 1.165) is 23.0 Å². The molecule has 2 aromatic carbocycles. The van der Waals surface area contributed by atoms with Crippen LogP contribution >= 0.6 is 11.3 Å². The van der Waals surface area contributed by atoms with Crippen LogP contribution in [0.2, 0.25) is 0 Å². The highest BCUT2D eigenvalue weighted by molar-refractivity contribution is 7.13. The van der Waals surface area contributed by atoms with Gasteiger partial charge >= 0.3 is 11.7 Å². The molecular formula is C21H15FN2O5S. The summed E-state index contributed by atoms with van der Waals surface area (Å²) >= 11 is 0.810.